The van der Waals surface area contributed by atoms with Crippen LogP contribution in [0, 0.1) is 0 Å². The lowest BCUT2D eigenvalue weighted by atomic mass is 10.3. The Bertz CT molecular complexity index is 303. The Morgan fingerprint density at radius 2 is 2.38 bits per heavy atom. The van der Waals surface area contributed by atoms with Gasteiger partial charge in [-0.2, -0.15) is 11.8 Å². The Hall–Kier alpha value is -0.480. The average Bonchev–Trinajstić information content (AvgIpc) is 2.04. The van der Waals surface area contributed by atoms with Gasteiger partial charge in [-0.05, 0) is 24.5 Å². The van der Waals surface area contributed by atoms with E-state index in [2.05, 4.69) is 21.2 Å². The topological polar surface area (TPSA) is 29.1 Å². The van der Waals surface area contributed by atoms with Gasteiger partial charge in [-0.25, -0.2) is 0 Å². The smallest absolute Gasteiger partial charge is 0.234 e. The molecule has 0 unspecified atom stereocenters. The highest BCUT2D eigenvalue weighted by Crippen LogP contribution is 2.15. The molecule has 1 aromatic rings. The van der Waals surface area contributed by atoms with Gasteiger partial charge >= 0.3 is 0 Å². The standard InChI is InChI=1S/C9H10BrNOS/c1-13-6-9(12)11-8-4-2-3-7(10)5-8/h2-5H,6H2,1H3,(H,11,12). The molecule has 70 valence electrons. The Labute approximate surface area is 90.2 Å². The highest BCUT2D eigenvalue weighted by molar-refractivity contribution is 9.10. The summed E-state index contributed by atoms with van der Waals surface area (Å²) in [6, 6.07) is 7.55. The van der Waals surface area contributed by atoms with Crippen molar-refractivity contribution >= 4 is 39.3 Å². The molecule has 1 amide bonds. The maximum atomic E-state index is 11.2. The first-order chi connectivity index (χ1) is 6.22. The predicted molar refractivity (Wildman–Crippen MR) is 61.2 cm³/mol. The fraction of sp³-hybridized carbons (Fsp3) is 0.222. The number of rotatable bonds is 3. The van der Waals surface area contributed by atoms with E-state index in [0.29, 0.717) is 5.75 Å². The van der Waals surface area contributed by atoms with Crippen LogP contribution in [0.3, 0.4) is 0 Å². The summed E-state index contributed by atoms with van der Waals surface area (Å²) in [6.07, 6.45) is 1.90. The second-order valence-corrected chi connectivity index (χ2v) is 4.27. The van der Waals surface area contributed by atoms with Gasteiger partial charge in [0.1, 0.15) is 0 Å². The molecule has 0 fully saturated rings. The molecule has 0 aliphatic rings. The van der Waals surface area contributed by atoms with Crippen molar-refractivity contribution in [3.8, 4) is 0 Å². The number of carbonyl (C=O) groups is 1. The number of amides is 1. The summed E-state index contributed by atoms with van der Waals surface area (Å²) in [7, 11) is 0. The normalized spacial score (nSPS) is 9.69. The monoisotopic (exact) mass is 259 g/mol. The molecule has 0 atom stereocenters. The summed E-state index contributed by atoms with van der Waals surface area (Å²) in [5.41, 5.74) is 0.827. The molecular formula is C9H10BrNOS. The summed E-state index contributed by atoms with van der Waals surface area (Å²) in [5, 5.41) is 2.79. The van der Waals surface area contributed by atoms with Crippen LogP contribution in [0.2, 0.25) is 0 Å². The highest BCUT2D eigenvalue weighted by Gasteiger charge is 2.00. The lowest BCUT2D eigenvalue weighted by Crippen LogP contribution is -2.13. The van der Waals surface area contributed by atoms with Gasteiger partial charge in [-0.15, -0.1) is 0 Å². The molecule has 1 rings (SSSR count). The molecule has 4 heteroatoms. The van der Waals surface area contributed by atoms with Crippen LogP contribution in [0.1, 0.15) is 0 Å². The van der Waals surface area contributed by atoms with E-state index in [0.717, 1.165) is 10.2 Å². The number of halogens is 1. The Morgan fingerprint density at radius 1 is 1.62 bits per heavy atom. The molecule has 0 saturated carbocycles. The van der Waals surface area contributed by atoms with Gasteiger partial charge in [-0.1, -0.05) is 22.0 Å². The van der Waals surface area contributed by atoms with E-state index >= 15 is 0 Å². The van der Waals surface area contributed by atoms with Crippen LogP contribution in [-0.4, -0.2) is 17.9 Å². The van der Waals surface area contributed by atoms with Crippen molar-refractivity contribution in [2.24, 2.45) is 0 Å². The Morgan fingerprint density at radius 3 is 3.00 bits per heavy atom. The molecule has 0 aromatic heterocycles. The molecule has 0 aliphatic heterocycles. The van der Waals surface area contributed by atoms with Crippen LogP contribution in [0.4, 0.5) is 5.69 Å². The van der Waals surface area contributed by atoms with E-state index in [1.165, 1.54) is 11.8 Å². The molecule has 1 N–H and O–H groups in total. The third kappa shape index (κ3) is 3.83. The van der Waals surface area contributed by atoms with Crippen LogP contribution in [0.25, 0.3) is 0 Å². The number of hydrogen-bond donors (Lipinski definition) is 1. The predicted octanol–water partition coefficient (Wildman–Crippen LogP) is 2.75. The number of thioether (sulfide) groups is 1. The van der Waals surface area contributed by atoms with Gasteiger partial charge in [0.25, 0.3) is 0 Å². The van der Waals surface area contributed by atoms with Crippen LogP contribution in [-0.2, 0) is 4.79 Å². The molecule has 0 radical (unpaired) electrons. The van der Waals surface area contributed by atoms with Crippen LogP contribution >= 0.6 is 27.7 Å². The lowest BCUT2D eigenvalue weighted by Gasteiger charge is -2.03. The molecule has 1 aromatic carbocycles. The van der Waals surface area contributed by atoms with Gasteiger partial charge in [0.05, 0.1) is 5.75 Å². The third-order valence-electron chi connectivity index (χ3n) is 1.38. The number of carbonyl (C=O) groups excluding carboxylic acids is 1. The number of hydrogen-bond acceptors (Lipinski definition) is 2. The van der Waals surface area contributed by atoms with Crippen LogP contribution in [0.15, 0.2) is 28.7 Å². The highest BCUT2D eigenvalue weighted by atomic mass is 79.9. The first kappa shape index (κ1) is 10.6. The van der Waals surface area contributed by atoms with Crippen molar-refractivity contribution in [2.75, 3.05) is 17.3 Å². The Balaban J connectivity index is 2.58. The maximum absolute atomic E-state index is 11.2. The largest absolute Gasteiger partial charge is 0.325 e. The zero-order valence-corrected chi connectivity index (χ0v) is 9.61. The summed E-state index contributed by atoms with van der Waals surface area (Å²) < 4.78 is 0.967. The van der Waals surface area contributed by atoms with E-state index in [1.807, 2.05) is 30.5 Å². The summed E-state index contributed by atoms with van der Waals surface area (Å²) in [4.78, 5) is 11.2. The molecule has 0 heterocycles. The van der Waals surface area contributed by atoms with E-state index in [-0.39, 0.29) is 5.91 Å². The van der Waals surface area contributed by atoms with Gasteiger partial charge in [0.15, 0.2) is 0 Å². The number of benzene rings is 1. The van der Waals surface area contributed by atoms with Crippen molar-refractivity contribution in [1.82, 2.24) is 0 Å². The summed E-state index contributed by atoms with van der Waals surface area (Å²) in [6.45, 7) is 0. The second-order valence-electron chi connectivity index (χ2n) is 2.49. The molecule has 0 bridgehead atoms. The second kappa shape index (κ2) is 5.29. The van der Waals surface area contributed by atoms with Gasteiger partial charge < -0.3 is 5.32 Å². The third-order valence-corrected chi connectivity index (χ3v) is 2.43. The fourth-order valence-electron chi connectivity index (χ4n) is 0.894. The van der Waals surface area contributed by atoms with Crippen molar-refractivity contribution < 1.29 is 4.79 Å². The molecule has 0 spiro atoms. The minimum Gasteiger partial charge on any atom is -0.325 e. The number of anilines is 1. The average molecular weight is 260 g/mol. The zero-order chi connectivity index (χ0) is 9.68. The molecule has 13 heavy (non-hydrogen) atoms. The Kier molecular flexibility index (Phi) is 4.32. The van der Waals surface area contributed by atoms with E-state index < -0.39 is 0 Å². The summed E-state index contributed by atoms with van der Waals surface area (Å²) >= 11 is 4.84. The fourth-order valence-corrected chi connectivity index (χ4v) is 1.63. The van der Waals surface area contributed by atoms with Crippen molar-refractivity contribution in [2.45, 2.75) is 0 Å². The van der Waals surface area contributed by atoms with Crippen LogP contribution in [0.5, 0.6) is 0 Å². The van der Waals surface area contributed by atoms with E-state index in [1.54, 1.807) is 0 Å². The van der Waals surface area contributed by atoms with Crippen molar-refractivity contribution in [1.29, 1.82) is 0 Å². The van der Waals surface area contributed by atoms with Crippen molar-refractivity contribution in [3.05, 3.63) is 28.7 Å². The van der Waals surface area contributed by atoms with Crippen LogP contribution < -0.4 is 5.32 Å². The zero-order valence-electron chi connectivity index (χ0n) is 7.21. The van der Waals surface area contributed by atoms with Gasteiger partial charge in [0, 0.05) is 10.2 Å². The number of nitrogens with one attached hydrogen (secondary N) is 1. The molecular weight excluding hydrogens is 250 g/mol. The quantitative estimate of drug-likeness (QED) is 0.905. The lowest BCUT2D eigenvalue weighted by molar-refractivity contribution is -0.113. The van der Waals surface area contributed by atoms with Crippen molar-refractivity contribution in [3.63, 3.8) is 0 Å². The van der Waals surface area contributed by atoms with Gasteiger partial charge in [0.2, 0.25) is 5.91 Å². The van der Waals surface area contributed by atoms with E-state index in [9.17, 15) is 4.79 Å². The molecule has 2 nitrogen and oxygen atoms in total. The molecule has 0 saturated heterocycles. The maximum Gasteiger partial charge on any atom is 0.234 e. The first-order valence-electron chi connectivity index (χ1n) is 3.76. The first-order valence-corrected chi connectivity index (χ1v) is 5.95. The van der Waals surface area contributed by atoms with Gasteiger partial charge in [-0.3, -0.25) is 4.79 Å². The SMILES string of the molecule is CSCC(=O)Nc1cccc(Br)c1. The summed E-state index contributed by atoms with van der Waals surface area (Å²) in [5.74, 6) is 0.526. The minimum absolute atomic E-state index is 0.0330. The minimum atomic E-state index is 0.0330. The molecule has 0 aliphatic carbocycles. The van der Waals surface area contributed by atoms with E-state index in [4.69, 9.17) is 0 Å².